The summed E-state index contributed by atoms with van der Waals surface area (Å²) in [4.78, 5) is 17.1. The van der Waals surface area contributed by atoms with Crippen molar-refractivity contribution in [1.29, 1.82) is 0 Å². The smallest absolute Gasteiger partial charge is 0.175 e. The number of H-pyrrole nitrogens is 1. The van der Waals surface area contributed by atoms with Crippen molar-refractivity contribution in [2.45, 2.75) is 59.9 Å². The van der Waals surface area contributed by atoms with Crippen LogP contribution in [0, 0.1) is 19.7 Å². The molecule has 1 aliphatic rings. The van der Waals surface area contributed by atoms with Crippen molar-refractivity contribution in [1.82, 2.24) is 29.5 Å². The molecule has 5 rings (SSSR count). The number of pyridine rings is 2. The molecule has 5 heterocycles. The number of hydrogen-bond donors (Lipinski definition) is 1. The van der Waals surface area contributed by atoms with Gasteiger partial charge >= 0.3 is 0 Å². The summed E-state index contributed by atoms with van der Waals surface area (Å²) < 4.78 is 18.0. The second kappa shape index (κ2) is 8.65. The fraction of sp³-hybridized carbons (Fsp3) is 0.500. The fourth-order valence-corrected chi connectivity index (χ4v) is 5.47. The number of piperazine rings is 1. The maximum absolute atomic E-state index is 16.2. The number of nitrogens with zero attached hydrogens (tertiary/aromatic N) is 6. The van der Waals surface area contributed by atoms with E-state index in [9.17, 15) is 0 Å². The number of aryl methyl sites for hydroxylation is 1. The third-order valence-corrected chi connectivity index (χ3v) is 7.30. The summed E-state index contributed by atoms with van der Waals surface area (Å²) >= 11 is 0. The molecular formula is C26H34FN7. The Kier molecular flexibility index (Phi) is 5.80. The summed E-state index contributed by atoms with van der Waals surface area (Å²) in [7, 11) is 0. The third-order valence-electron chi connectivity index (χ3n) is 7.30. The first kappa shape index (κ1) is 22.8. The van der Waals surface area contributed by atoms with Gasteiger partial charge in [-0.25, -0.2) is 18.9 Å². The van der Waals surface area contributed by atoms with Crippen LogP contribution in [-0.2, 0) is 0 Å². The molecule has 0 bridgehead atoms. The Morgan fingerprint density at radius 1 is 1.18 bits per heavy atom. The second-order valence-corrected chi connectivity index (χ2v) is 9.92. The number of aromatic amines is 1. The van der Waals surface area contributed by atoms with E-state index in [4.69, 9.17) is 0 Å². The molecule has 180 valence electrons. The molecule has 0 aromatic carbocycles. The first-order valence-electron chi connectivity index (χ1n) is 12.3. The molecule has 0 amide bonds. The topological polar surface area (TPSA) is 65.3 Å². The van der Waals surface area contributed by atoms with Crippen molar-refractivity contribution in [3.63, 3.8) is 0 Å². The standard InChI is InChI=1S/C26H34FN7/c1-7-8-32-9-10-33(16(4)12-32)26-23(27)22-20(11-28-26)31-24(21(22)15(2)3)19-13-34-25(29-14-30-34)18(6)17(19)5/h11,13-16,31H,7-10,12H2,1-6H3/t16-/m1/s1. The highest BCUT2D eigenvalue weighted by molar-refractivity contribution is 5.94. The van der Waals surface area contributed by atoms with E-state index in [1.54, 1.807) is 17.0 Å². The molecule has 1 aliphatic heterocycles. The maximum atomic E-state index is 16.2. The number of nitrogens with one attached hydrogen (secondary N) is 1. The highest BCUT2D eigenvalue weighted by atomic mass is 19.1. The van der Waals surface area contributed by atoms with Gasteiger partial charge in [0, 0.05) is 42.8 Å². The number of fused-ring (bicyclic) bond motifs is 2. The predicted octanol–water partition coefficient (Wildman–Crippen LogP) is 5.07. The van der Waals surface area contributed by atoms with Crippen LogP contribution in [0.15, 0.2) is 18.7 Å². The highest BCUT2D eigenvalue weighted by Crippen LogP contribution is 2.40. The molecule has 7 nitrogen and oxygen atoms in total. The average molecular weight is 464 g/mol. The monoisotopic (exact) mass is 463 g/mol. The highest BCUT2D eigenvalue weighted by Gasteiger charge is 2.29. The van der Waals surface area contributed by atoms with Crippen LogP contribution in [0.25, 0.3) is 27.8 Å². The van der Waals surface area contributed by atoms with Gasteiger partial charge in [-0.05, 0) is 56.3 Å². The van der Waals surface area contributed by atoms with E-state index < -0.39 is 0 Å². The molecule has 34 heavy (non-hydrogen) atoms. The van der Waals surface area contributed by atoms with Gasteiger partial charge in [-0.2, -0.15) is 5.10 Å². The van der Waals surface area contributed by atoms with Gasteiger partial charge in [0.1, 0.15) is 6.33 Å². The third kappa shape index (κ3) is 3.55. The summed E-state index contributed by atoms with van der Waals surface area (Å²) in [5, 5.41) is 5.00. The van der Waals surface area contributed by atoms with E-state index in [-0.39, 0.29) is 17.8 Å². The zero-order valence-electron chi connectivity index (χ0n) is 21.0. The summed E-state index contributed by atoms with van der Waals surface area (Å²) in [6.07, 6.45) is 6.48. The molecule has 0 spiro atoms. The lowest BCUT2D eigenvalue weighted by Gasteiger charge is -2.40. The van der Waals surface area contributed by atoms with Gasteiger partial charge in [-0.15, -0.1) is 0 Å². The predicted molar refractivity (Wildman–Crippen MR) is 135 cm³/mol. The Hall–Kier alpha value is -3.00. The largest absolute Gasteiger partial charge is 0.353 e. The molecule has 8 heteroatoms. The Bertz CT molecular complexity index is 1350. The molecule has 0 unspecified atom stereocenters. The van der Waals surface area contributed by atoms with Crippen LogP contribution in [-0.4, -0.2) is 61.7 Å². The Morgan fingerprint density at radius 2 is 1.97 bits per heavy atom. The summed E-state index contributed by atoms with van der Waals surface area (Å²) in [6.45, 7) is 16.5. The van der Waals surface area contributed by atoms with Gasteiger partial charge in [0.05, 0.1) is 17.4 Å². The van der Waals surface area contributed by atoms with Crippen LogP contribution in [0.4, 0.5) is 10.2 Å². The van der Waals surface area contributed by atoms with Crippen LogP contribution >= 0.6 is 0 Å². The van der Waals surface area contributed by atoms with Crippen molar-refractivity contribution >= 4 is 22.4 Å². The van der Waals surface area contributed by atoms with Gasteiger partial charge in [-0.1, -0.05) is 20.8 Å². The summed E-state index contributed by atoms with van der Waals surface area (Å²) in [6, 6.07) is 0.209. The number of anilines is 1. The molecule has 0 aliphatic carbocycles. The molecule has 1 N–H and O–H groups in total. The Labute approximate surface area is 200 Å². The van der Waals surface area contributed by atoms with Gasteiger partial charge in [0.2, 0.25) is 0 Å². The van der Waals surface area contributed by atoms with Crippen molar-refractivity contribution < 1.29 is 4.39 Å². The second-order valence-electron chi connectivity index (χ2n) is 9.92. The number of hydrogen-bond acceptors (Lipinski definition) is 5. The van der Waals surface area contributed by atoms with Crippen LogP contribution < -0.4 is 4.90 Å². The molecule has 1 atom stereocenters. The number of rotatable bonds is 5. The zero-order chi connectivity index (χ0) is 24.1. The van der Waals surface area contributed by atoms with Crippen molar-refractivity contribution in [2.24, 2.45) is 0 Å². The maximum Gasteiger partial charge on any atom is 0.175 e. The minimum atomic E-state index is -0.226. The zero-order valence-corrected chi connectivity index (χ0v) is 21.0. The van der Waals surface area contributed by atoms with Crippen molar-refractivity contribution in [2.75, 3.05) is 31.1 Å². The molecule has 0 radical (unpaired) electrons. The lowest BCUT2D eigenvalue weighted by molar-refractivity contribution is 0.228. The van der Waals surface area contributed by atoms with Crippen LogP contribution in [0.1, 0.15) is 56.7 Å². The SMILES string of the molecule is CCCN1CCN(c2ncc3[nH]c(-c4cn5ncnc5c(C)c4C)c(C(C)C)c3c2F)[C@H](C)C1. The molecule has 4 aromatic rings. The van der Waals surface area contributed by atoms with E-state index >= 15 is 4.39 Å². The van der Waals surface area contributed by atoms with Gasteiger partial charge in [0.15, 0.2) is 17.3 Å². The van der Waals surface area contributed by atoms with E-state index in [2.05, 4.69) is 71.4 Å². The minimum Gasteiger partial charge on any atom is -0.353 e. The van der Waals surface area contributed by atoms with Crippen LogP contribution in [0.5, 0.6) is 0 Å². The van der Waals surface area contributed by atoms with E-state index in [0.29, 0.717) is 11.2 Å². The lowest BCUT2D eigenvalue weighted by atomic mass is 9.94. The molecule has 0 saturated carbocycles. The van der Waals surface area contributed by atoms with Crippen LogP contribution in [0.2, 0.25) is 0 Å². The van der Waals surface area contributed by atoms with Gasteiger partial charge in [-0.3, -0.25) is 4.90 Å². The van der Waals surface area contributed by atoms with Crippen molar-refractivity contribution in [3.8, 4) is 11.3 Å². The summed E-state index contributed by atoms with van der Waals surface area (Å²) in [5.41, 5.74) is 6.68. The molecule has 4 aromatic heterocycles. The van der Waals surface area contributed by atoms with Crippen LogP contribution in [0.3, 0.4) is 0 Å². The number of aromatic nitrogens is 5. The number of halogens is 1. The molecule has 1 saturated heterocycles. The minimum absolute atomic E-state index is 0.124. The van der Waals surface area contributed by atoms with Crippen molar-refractivity contribution in [3.05, 3.63) is 41.2 Å². The van der Waals surface area contributed by atoms with E-state index in [1.807, 2.05) is 6.20 Å². The fourth-order valence-electron chi connectivity index (χ4n) is 5.47. The quantitative estimate of drug-likeness (QED) is 0.448. The van der Waals surface area contributed by atoms with E-state index in [1.165, 1.54) is 0 Å². The van der Waals surface area contributed by atoms with Gasteiger partial charge in [0.25, 0.3) is 0 Å². The summed E-state index contributed by atoms with van der Waals surface area (Å²) in [5.74, 6) is 0.359. The Morgan fingerprint density at radius 3 is 2.68 bits per heavy atom. The van der Waals surface area contributed by atoms with E-state index in [0.717, 1.165) is 71.7 Å². The molecule has 1 fully saturated rings. The first-order chi connectivity index (χ1) is 16.3. The van der Waals surface area contributed by atoms with Gasteiger partial charge < -0.3 is 9.88 Å². The average Bonchev–Trinajstić information content (AvgIpc) is 3.42. The first-order valence-corrected chi connectivity index (χ1v) is 12.3. The Balaban J connectivity index is 1.65. The normalized spacial score (nSPS) is 17.5. The lowest BCUT2D eigenvalue weighted by Crippen LogP contribution is -2.52. The molecular weight excluding hydrogens is 429 g/mol.